The van der Waals surface area contributed by atoms with Gasteiger partial charge in [0.05, 0.1) is 32.9 Å². The SMILES string of the molecule is COc1cc(C2/C(=C(\O)c3ccc4c(c3)OCO4)C(=O)C(=O)N2c2ccc(C)cc2)cc(OC)c1OC. The van der Waals surface area contributed by atoms with Crippen molar-refractivity contribution in [3.63, 3.8) is 0 Å². The summed E-state index contributed by atoms with van der Waals surface area (Å²) >= 11 is 0. The van der Waals surface area contributed by atoms with Gasteiger partial charge in [0.1, 0.15) is 5.76 Å². The van der Waals surface area contributed by atoms with E-state index in [2.05, 4.69) is 0 Å². The molecular weight excluding hydrogens is 478 g/mol. The fourth-order valence-corrected chi connectivity index (χ4v) is 4.58. The molecule has 9 nitrogen and oxygen atoms in total. The first-order valence-electron chi connectivity index (χ1n) is 11.5. The zero-order valence-corrected chi connectivity index (χ0v) is 20.7. The first-order valence-corrected chi connectivity index (χ1v) is 11.5. The monoisotopic (exact) mass is 503 g/mol. The van der Waals surface area contributed by atoms with Crippen LogP contribution in [0.1, 0.15) is 22.7 Å². The molecular formula is C28H25NO8. The Labute approximate surface area is 213 Å². The number of aliphatic hydroxyl groups is 1. The van der Waals surface area contributed by atoms with Gasteiger partial charge in [0.2, 0.25) is 12.5 Å². The van der Waals surface area contributed by atoms with Gasteiger partial charge in [-0.3, -0.25) is 14.5 Å². The molecule has 3 aromatic rings. The lowest BCUT2D eigenvalue weighted by molar-refractivity contribution is -0.132. The minimum absolute atomic E-state index is 0.0583. The van der Waals surface area contributed by atoms with E-state index in [-0.39, 0.29) is 18.1 Å². The van der Waals surface area contributed by atoms with E-state index in [1.807, 2.05) is 19.1 Å². The molecule has 1 saturated heterocycles. The van der Waals surface area contributed by atoms with Gasteiger partial charge in [-0.15, -0.1) is 0 Å². The number of carbonyl (C=O) groups is 2. The standard InChI is InChI=1S/C28H25NO8/c1-15-5-8-18(9-6-15)29-24(17-12-21(33-2)27(35-4)22(13-17)34-3)23(26(31)28(29)32)25(30)16-7-10-19-20(11-16)37-14-36-19/h5-13,24,30H,14H2,1-4H3/b25-23+. The summed E-state index contributed by atoms with van der Waals surface area (Å²) in [6.07, 6.45) is 0. The third kappa shape index (κ3) is 3.98. The quantitative estimate of drug-likeness (QED) is 0.300. The summed E-state index contributed by atoms with van der Waals surface area (Å²) in [6.45, 7) is 1.98. The number of methoxy groups -OCH3 is 3. The van der Waals surface area contributed by atoms with Gasteiger partial charge in [0, 0.05) is 11.3 Å². The van der Waals surface area contributed by atoms with Gasteiger partial charge >= 0.3 is 0 Å². The van der Waals surface area contributed by atoms with Crippen molar-refractivity contribution >= 4 is 23.1 Å². The second kappa shape index (κ2) is 9.42. The molecule has 1 N–H and O–H groups in total. The van der Waals surface area contributed by atoms with Crippen LogP contribution in [0.25, 0.3) is 5.76 Å². The number of aliphatic hydroxyl groups excluding tert-OH is 1. The molecule has 37 heavy (non-hydrogen) atoms. The highest BCUT2D eigenvalue weighted by atomic mass is 16.7. The molecule has 0 spiro atoms. The molecule has 0 aliphatic carbocycles. The molecule has 0 bridgehead atoms. The van der Waals surface area contributed by atoms with Crippen LogP contribution in [0.15, 0.2) is 60.2 Å². The van der Waals surface area contributed by atoms with Crippen molar-refractivity contribution < 1.29 is 38.4 Å². The summed E-state index contributed by atoms with van der Waals surface area (Å²) in [5.41, 5.74) is 2.19. The molecule has 2 aliphatic rings. The summed E-state index contributed by atoms with van der Waals surface area (Å²) < 4.78 is 27.3. The fourth-order valence-electron chi connectivity index (χ4n) is 4.58. The van der Waals surface area contributed by atoms with Crippen molar-refractivity contribution in [1.82, 2.24) is 0 Å². The fraction of sp³-hybridized carbons (Fsp3) is 0.214. The van der Waals surface area contributed by atoms with E-state index in [0.717, 1.165) is 5.56 Å². The van der Waals surface area contributed by atoms with E-state index in [9.17, 15) is 14.7 Å². The van der Waals surface area contributed by atoms with Crippen molar-refractivity contribution in [2.45, 2.75) is 13.0 Å². The Hall–Kier alpha value is -4.66. The molecule has 2 aliphatic heterocycles. The van der Waals surface area contributed by atoms with E-state index in [1.54, 1.807) is 42.5 Å². The lowest BCUT2D eigenvalue weighted by Gasteiger charge is -2.26. The highest BCUT2D eigenvalue weighted by Crippen LogP contribution is 2.47. The number of anilines is 1. The Bertz CT molecular complexity index is 1400. The minimum atomic E-state index is -0.984. The van der Waals surface area contributed by atoms with Gasteiger partial charge in [-0.25, -0.2) is 0 Å². The van der Waals surface area contributed by atoms with E-state index in [0.29, 0.717) is 45.6 Å². The second-order valence-corrected chi connectivity index (χ2v) is 8.53. The number of fused-ring (bicyclic) bond motifs is 1. The van der Waals surface area contributed by atoms with Gasteiger partial charge in [0.25, 0.3) is 11.7 Å². The average Bonchev–Trinajstić information content (AvgIpc) is 3.49. The third-order valence-electron chi connectivity index (χ3n) is 6.41. The van der Waals surface area contributed by atoms with Crippen LogP contribution in [0.5, 0.6) is 28.7 Å². The van der Waals surface area contributed by atoms with Crippen LogP contribution in [-0.2, 0) is 9.59 Å². The van der Waals surface area contributed by atoms with E-state index >= 15 is 0 Å². The maximum atomic E-state index is 13.5. The van der Waals surface area contributed by atoms with Crippen molar-refractivity contribution in [2.75, 3.05) is 33.0 Å². The normalized spacial score (nSPS) is 17.7. The first-order chi connectivity index (χ1) is 17.9. The van der Waals surface area contributed by atoms with Gasteiger partial charge in [0.15, 0.2) is 23.0 Å². The lowest BCUT2D eigenvalue weighted by atomic mass is 9.94. The van der Waals surface area contributed by atoms with Crippen molar-refractivity contribution in [3.8, 4) is 28.7 Å². The Morgan fingerprint density at radius 1 is 0.892 bits per heavy atom. The number of amides is 1. The van der Waals surface area contributed by atoms with Crippen LogP contribution in [0.2, 0.25) is 0 Å². The van der Waals surface area contributed by atoms with Crippen LogP contribution in [0.4, 0.5) is 5.69 Å². The molecule has 0 saturated carbocycles. The Balaban J connectivity index is 1.75. The summed E-state index contributed by atoms with van der Waals surface area (Å²) in [4.78, 5) is 28.3. The summed E-state index contributed by atoms with van der Waals surface area (Å²) in [5.74, 6) is 0.0593. The Morgan fingerprint density at radius 3 is 2.16 bits per heavy atom. The van der Waals surface area contributed by atoms with E-state index < -0.39 is 17.7 Å². The first kappa shape index (κ1) is 24.1. The molecule has 9 heteroatoms. The molecule has 190 valence electrons. The Morgan fingerprint density at radius 2 is 1.54 bits per heavy atom. The molecule has 1 unspecified atom stereocenters. The average molecular weight is 504 g/mol. The molecule has 3 aromatic carbocycles. The maximum Gasteiger partial charge on any atom is 0.300 e. The number of Topliss-reactive ketones (excluding diaryl/α,β-unsaturated/α-hetero) is 1. The number of benzene rings is 3. The van der Waals surface area contributed by atoms with Gasteiger partial charge in [-0.2, -0.15) is 0 Å². The number of rotatable bonds is 6. The molecule has 2 heterocycles. The molecule has 1 amide bonds. The smallest absolute Gasteiger partial charge is 0.300 e. The third-order valence-corrected chi connectivity index (χ3v) is 6.41. The number of hydrogen-bond acceptors (Lipinski definition) is 8. The van der Waals surface area contributed by atoms with Crippen LogP contribution >= 0.6 is 0 Å². The van der Waals surface area contributed by atoms with Crippen LogP contribution < -0.4 is 28.6 Å². The summed E-state index contributed by atoms with van der Waals surface area (Å²) in [7, 11) is 4.44. The number of ketones is 1. The summed E-state index contributed by atoms with van der Waals surface area (Å²) in [6, 6.07) is 14.4. The number of ether oxygens (including phenoxy) is 5. The number of hydrogen-bond donors (Lipinski definition) is 1. The number of nitrogens with zero attached hydrogens (tertiary/aromatic N) is 1. The molecule has 0 aromatic heterocycles. The molecule has 1 fully saturated rings. The number of aryl methyl sites for hydroxylation is 1. The predicted molar refractivity (Wildman–Crippen MR) is 135 cm³/mol. The topological polar surface area (TPSA) is 104 Å². The van der Waals surface area contributed by atoms with Gasteiger partial charge in [-0.1, -0.05) is 17.7 Å². The van der Waals surface area contributed by atoms with E-state index in [1.165, 1.54) is 26.2 Å². The van der Waals surface area contributed by atoms with Crippen LogP contribution in [0.3, 0.4) is 0 Å². The maximum absolute atomic E-state index is 13.5. The van der Waals surface area contributed by atoms with Crippen LogP contribution in [0, 0.1) is 6.92 Å². The zero-order valence-electron chi connectivity index (χ0n) is 20.7. The highest BCUT2D eigenvalue weighted by molar-refractivity contribution is 6.51. The van der Waals surface area contributed by atoms with Crippen molar-refractivity contribution in [2.24, 2.45) is 0 Å². The predicted octanol–water partition coefficient (Wildman–Crippen LogP) is 4.38. The van der Waals surface area contributed by atoms with Crippen molar-refractivity contribution in [1.29, 1.82) is 0 Å². The zero-order chi connectivity index (χ0) is 26.3. The van der Waals surface area contributed by atoms with Crippen molar-refractivity contribution in [3.05, 3.63) is 76.9 Å². The van der Waals surface area contributed by atoms with Crippen LogP contribution in [-0.4, -0.2) is 44.9 Å². The van der Waals surface area contributed by atoms with Gasteiger partial charge in [-0.05, 0) is 55.0 Å². The van der Waals surface area contributed by atoms with E-state index in [4.69, 9.17) is 23.7 Å². The van der Waals surface area contributed by atoms with Gasteiger partial charge < -0.3 is 28.8 Å². The molecule has 5 rings (SSSR count). The minimum Gasteiger partial charge on any atom is -0.507 e. The molecule has 1 atom stereocenters. The largest absolute Gasteiger partial charge is 0.507 e. The lowest BCUT2D eigenvalue weighted by Crippen LogP contribution is -2.29. The molecule has 0 radical (unpaired) electrons. The summed E-state index contributed by atoms with van der Waals surface area (Å²) in [5, 5.41) is 11.4. The number of carbonyl (C=O) groups excluding carboxylic acids is 2. The Kier molecular flexibility index (Phi) is 6.12. The second-order valence-electron chi connectivity index (χ2n) is 8.53. The highest BCUT2D eigenvalue weighted by Gasteiger charge is 2.47.